The molecule has 0 bridgehead atoms. The molecule has 0 fully saturated rings. The molecule has 3 aromatic rings. The Balaban J connectivity index is 1.96. The van der Waals surface area contributed by atoms with Crippen LogP contribution in [0.1, 0.15) is 5.56 Å². The number of benzene rings is 2. The third kappa shape index (κ3) is 3.32. The number of fused-ring (bicyclic) bond motifs is 1. The van der Waals surface area contributed by atoms with E-state index in [0.29, 0.717) is 23.2 Å². The number of rotatable bonds is 5. The van der Waals surface area contributed by atoms with Gasteiger partial charge >= 0.3 is 0 Å². The highest BCUT2D eigenvalue weighted by molar-refractivity contribution is 7.92. The topological polar surface area (TPSA) is 88.3 Å². The number of pyridine rings is 1. The van der Waals surface area contributed by atoms with E-state index in [9.17, 15) is 13.2 Å². The smallest absolute Gasteiger partial charge is 0.261 e. The van der Waals surface area contributed by atoms with Crippen molar-refractivity contribution < 1.29 is 13.2 Å². The van der Waals surface area contributed by atoms with Gasteiger partial charge in [0.25, 0.3) is 10.0 Å². The van der Waals surface area contributed by atoms with Gasteiger partial charge in [-0.2, -0.15) is 0 Å². The van der Waals surface area contributed by atoms with Crippen LogP contribution in [0.2, 0.25) is 0 Å². The van der Waals surface area contributed by atoms with Crippen molar-refractivity contribution in [3.63, 3.8) is 0 Å². The number of aromatic amines is 1. The monoisotopic (exact) mass is 344 g/mol. The SMILES string of the molecule is COCc1cccc(S(=O)(=O)Nc2ccc3[nH]ccc(=O)c3c2)c1. The van der Waals surface area contributed by atoms with E-state index in [1.165, 1.54) is 18.2 Å². The van der Waals surface area contributed by atoms with E-state index >= 15 is 0 Å². The van der Waals surface area contributed by atoms with Gasteiger partial charge in [0.05, 0.1) is 11.5 Å². The second-order valence-electron chi connectivity index (χ2n) is 5.29. The molecule has 0 aliphatic rings. The Kier molecular flexibility index (Phi) is 4.37. The van der Waals surface area contributed by atoms with Crippen LogP contribution in [0.5, 0.6) is 0 Å². The molecule has 0 spiro atoms. The molecule has 0 aliphatic heterocycles. The third-order valence-corrected chi connectivity index (χ3v) is 4.91. The van der Waals surface area contributed by atoms with Crippen molar-refractivity contribution in [2.45, 2.75) is 11.5 Å². The van der Waals surface area contributed by atoms with Crippen molar-refractivity contribution in [2.75, 3.05) is 11.8 Å². The first-order chi connectivity index (χ1) is 11.5. The summed E-state index contributed by atoms with van der Waals surface area (Å²) in [5.41, 5.74) is 1.56. The first kappa shape index (κ1) is 16.2. The number of H-pyrrole nitrogens is 1. The van der Waals surface area contributed by atoms with Crippen molar-refractivity contribution in [3.05, 3.63) is 70.5 Å². The minimum Gasteiger partial charge on any atom is -0.380 e. The number of anilines is 1. The van der Waals surface area contributed by atoms with Crippen molar-refractivity contribution >= 4 is 26.6 Å². The molecule has 0 atom stereocenters. The Labute approximate surface area is 139 Å². The molecular weight excluding hydrogens is 328 g/mol. The molecule has 6 nitrogen and oxygen atoms in total. The lowest BCUT2D eigenvalue weighted by molar-refractivity contribution is 0.184. The van der Waals surface area contributed by atoms with Gasteiger partial charge in [-0.15, -0.1) is 0 Å². The zero-order valence-corrected chi connectivity index (χ0v) is 13.8. The van der Waals surface area contributed by atoms with E-state index in [2.05, 4.69) is 9.71 Å². The summed E-state index contributed by atoms with van der Waals surface area (Å²) in [5.74, 6) is 0. The quantitative estimate of drug-likeness (QED) is 0.744. The van der Waals surface area contributed by atoms with Gasteiger partial charge in [-0.25, -0.2) is 8.42 Å². The van der Waals surface area contributed by atoms with Gasteiger partial charge in [-0.05, 0) is 35.9 Å². The fourth-order valence-electron chi connectivity index (χ4n) is 2.42. The van der Waals surface area contributed by atoms with Crippen molar-refractivity contribution in [2.24, 2.45) is 0 Å². The maximum atomic E-state index is 12.5. The number of methoxy groups -OCH3 is 1. The summed E-state index contributed by atoms with van der Waals surface area (Å²) < 4.78 is 32.6. The van der Waals surface area contributed by atoms with Crippen LogP contribution in [0.3, 0.4) is 0 Å². The Morgan fingerprint density at radius 1 is 1.12 bits per heavy atom. The average Bonchev–Trinajstić information content (AvgIpc) is 2.56. The molecule has 1 aromatic heterocycles. The lowest BCUT2D eigenvalue weighted by atomic mass is 10.2. The molecule has 2 aromatic carbocycles. The third-order valence-electron chi connectivity index (χ3n) is 3.53. The summed E-state index contributed by atoms with van der Waals surface area (Å²) in [5, 5.41) is 0.422. The van der Waals surface area contributed by atoms with Crippen molar-refractivity contribution in [1.82, 2.24) is 4.98 Å². The predicted molar refractivity (Wildman–Crippen MR) is 92.5 cm³/mol. The van der Waals surface area contributed by atoms with Gasteiger partial charge in [-0.3, -0.25) is 9.52 Å². The molecule has 124 valence electrons. The van der Waals surface area contributed by atoms with Crippen LogP contribution in [-0.2, 0) is 21.4 Å². The van der Waals surface area contributed by atoms with E-state index in [1.54, 1.807) is 43.6 Å². The molecule has 0 aliphatic carbocycles. The Morgan fingerprint density at radius 3 is 2.75 bits per heavy atom. The van der Waals surface area contributed by atoms with Crippen LogP contribution in [-0.4, -0.2) is 20.5 Å². The maximum Gasteiger partial charge on any atom is 0.261 e. The number of aromatic nitrogens is 1. The number of ether oxygens (including phenoxy) is 1. The average molecular weight is 344 g/mol. The summed E-state index contributed by atoms with van der Waals surface area (Å²) in [6, 6.07) is 12.7. The molecule has 7 heteroatoms. The normalized spacial score (nSPS) is 11.5. The minimum atomic E-state index is -3.75. The Bertz CT molecular complexity index is 1040. The van der Waals surface area contributed by atoms with Crippen LogP contribution < -0.4 is 10.2 Å². The fourth-order valence-corrected chi connectivity index (χ4v) is 3.54. The molecule has 2 N–H and O–H groups in total. The lowest BCUT2D eigenvalue weighted by Crippen LogP contribution is -2.13. The lowest BCUT2D eigenvalue weighted by Gasteiger charge is -2.10. The van der Waals surface area contributed by atoms with Crippen LogP contribution >= 0.6 is 0 Å². The summed E-state index contributed by atoms with van der Waals surface area (Å²) >= 11 is 0. The number of nitrogens with one attached hydrogen (secondary N) is 2. The van der Waals surface area contributed by atoms with Gasteiger partial charge in [0.2, 0.25) is 0 Å². The second kappa shape index (κ2) is 6.46. The summed E-state index contributed by atoms with van der Waals surface area (Å²) in [7, 11) is -2.21. The van der Waals surface area contributed by atoms with Crippen LogP contribution in [0.15, 0.2) is 64.4 Å². The van der Waals surface area contributed by atoms with Crippen LogP contribution in [0.25, 0.3) is 10.9 Å². The summed E-state index contributed by atoms with van der Waals surface area (Å²) in [4.78, 5) is 15.0. The zero-order valence-electron chi connectivity index (χ0n) is 12.9. The molecule has 0 unspecified atom stereocenters. The molecule has 3 rings (SSSR count). The second-order valence-corrected chi connectivity index (χ2v) is 6.97. The summed E-state index contributed by atoms with van der Waals surface area (Å²) in [6.45, 7) is 0.328. The van der Waals surface area contributed by atoms with Gasteiger partial charge in [0, 0.05) is 36.0 Å². The number of sulfonamides is 1. The highest BCUT2D eigenvalue weighted by Crippen LogP contribution is 2.20. The highest BCUT2D eigenvalue weighted by Gasteiger charge is 2.15. The zero-order chi connectivity index (χ0) is 17.2. The number of hydrogen-bond donors (Lipinski definition) is 2. The molecule has 0 saturated heterocycles. The summed E-state index contributed by atoms with van der Waals surface area (Å²) in [6.07, 6.45) is 1.55. The van der Waals surface area contributed by atoms with Gasteiger partial charge in [-0.1, -0.05) is 12.1 Å². The molecule has 0 radical (unpaired) electrons. The fraction of sp³-hybridized carbons (Fsp3) is 0.118. The first-order valence-electron chi connectivity index (χ1n) is 7.22. The maximum absolute atomic E-state index is 12.5. The van der Waals surface area contributed by atoms with Crippen LogP contribution in [0.4, 0.5) is 5.69 Å². The molecule has 0 amide bonds. The molecular formula is C17H16N2O4S. The first-order valence-corrected chi connectivity index (χ1v) is 8.70. The van der Waals surface area contributed by atoms with E-state index in [1.807, 2.05) is 0 Å². The van der Waals surface area contributed by atoms with E-state index in [0.717, 1.165) is 5.56 Å². The van der Waals surface area contributed by atoms with E-state index in [4.69, 9.17) is 4.74 Å². The standard InChI is InChI=1S/C17H16N2O4S/c1-23-11-12-3-2-4-14(9-12)24(21,22)19-13-5-6-16-15(10-13)17(20)7-8-18-16/h2-10,19H,11H2,1H3,(H,18,20). The van der Waals surface area contributed by atoms with Crippen molar-refractivity contribution in [3.8, 4) is 0 Å². The van der Waals surface area contributed by atoms with Gasteiger partial charge in [0.15, 0.2) is 5.43 Å². The minimum absolute atomic E-state index is 0.138. The van der Waals surface area contributed by atoms with Gasteiger partial charge in [0.1, 0.15) is 0 Å². The molecule has 0 saturated carbocycles. The molecule has 1 heterocycles. The number of hydrogen-bond acceptors (Lipinski definition) is 4. The Morgan fingerprint density at radius 2 is 1.96 bits per heavy atom. The van der Waals surface area contributed by atoms with E-state index < -0.39 is 10.0 Å². The predicted octanol–water partition coefficient (Wildman–Crippen LogP) is 2.48. The van der Waals surface area contributed by atoms with Crippen LogP contribution in [0, 0.1) is 0 Å². The highest BCUT2D eigenvalue weighted by atomic mass is 32.2. The van der Waals surface area contributed by atoms with Crippen molar-refractivity contribution in [1.29, 1.82) is 0 Å². The largest absolute Gasteiger partial charge is 0.380 e. The molecule has 24 heavy (non-hydrogen) atoms. The van der Waals surface area contributed by atoms with E-state index in [-0.39, 0.29) is 10.3 Å². The Hall–Kier alpha value is -2.64. The van der Waals surface area contributed by atoms with Gasteiger partial charge < -0.3 is 9.72 Å².